The summed E-state index contributed by atoms with van der Waals surface area (Å²) in [7, 11) is 0. The summed E-state index contributed by atoms with van der Waals surface area (Å²) in [5.41, 5.74) is -0.466. The second-order valence-corrected chi connectivity index (χ2v) is 4.27. The molecule has 0 spiro atoms. The highest BCUT2D eigenvalue weighted by Crippen LogP contribution is 2.16. The summed E-state index contributed by atoms with van der Waals surface area (Å²) >= 11 is 0. The normalized spacial score (nSPS) is 13.4. The molecule has 0 aliphatic rings. The average molecular weight is 200 g/mol. The van der Waals surface area contributed by atoms with Gasteiger partial charge in [-0.2, -0.15) is 0 Å². The minimum absolute atomic E-state index is 0.00223. The van der Waals surface area contributed by atoms with Gasteiger partial charge in [-0.25, -0.2) is 0 Å². The predicted octanol–water partition coefficient (Wildman–Crippen LogP) is 1.90. The summed E-state index contributed by atoms with van der Waals surface area (Å²) in [6, 6.07) is 0. The first-order chi connectivity index (χ1) is 6.40. The van der Waals surface area contributed by atoms with Crippen molar-refractivity contribution < 1.29 is 14.6 Å². The van der Waals surface area contributed by atoms with Gasteiger partial charge in [-0.05, 0) is 33.6 Å². The number of aliphatic hydroxyl groups is 1. The number of rotatable bonds is 5. The van der Waals surface area contributed by atoms with Gasteiger partial charge in [0.1, 0.15) is 5.60 Å². The lowest BCUT2D eigenvalue weighted by atomic mass is 10.0. The molecule has 0 saturated heterocycles. The highest BCUT2D eigenvalue weighted by Gasteiger charge is 2.23. The Kier molecular flexibility index (Phi) is 5.46. The molecule has 0 radical (unpaired) electrons. The van der Waals surface area contributed by atoms with Crippen molar-refractivity contribution in [1.29, 1.82) is 0 Å². The molecule has 0 amide bonds. The Labute approximate surface area is 85.8 Å². The van der Waals surface area contributed by atoms with Crippen molar-refractivity contribution >= 4 is 5.97 Å². The van der Waals surface area contributed by atoms with E-state index in [0.29, 0.717) is 12.8 Å². The Hall–Kier alpha value is -0.830. The van der Waals surface area contributed by atoms with E-state index >= 15 is 0 Å². The zero-order valence-corrected chi connectivity index (χ0v) is 9.25. The van der Waals surface area contributed by atoms with Crippen LogP contribution in [-0.2, 0) is 9.53 Å². The molecule has 0 unspecified atom stereocenters. The summed E-state index contributed by atoms with van der Waals surface area (Å²) in [5, 5.41) is 8.77. The van der Waals surface area contributed by atoms with Crippen molar-refractivity contribution in [2.75, 3.05) is 6.61 Å². The van der Waals surface area contributed by atoms with E-state index < -0.39 is 5.60 Å². The minimum atomic E-state index is -0.466. The quantitative estimate of drug-likeness (QED) is 0.544. The number of hydrogen-bond acceptors (Lipinski definition) is 3. The van der Waals surface area contributed by atoms with E-state index in [1.54, 1.807) is 6.08 Å². The van der Waals surface area contributed by atoms with E-state index in [1.165, 1.54) is 0 Å². The zero-order valence-electron chi connectivity index (χ0n) is 9.25. The molecule has 3 nitrogen and oxygen atoms in total. The third-order valence-corrected chi connectivity index (χ3v) is 1.67. The molecular weight excluding hydrogens is 180 g/mol. The van der Waals surface area contributed by atoms with Crippen molar-refractivity contribution in [2.24, 2.45) is 5.92 Å². The monoisotopic (exact) mass is 200 g/mol. The Morgan fingerprint density at radius 2 is 2.14 bits per heavy atom. The van der Waals surface area contributed by atoms with Crippen LogP contribution in [0.15, 0.2) is 12.7 Å². The number of carbonyl (C=O) groups is 1. The van der Waals surface area contributed by atoms with E-state index in [0.717, 1.165) is 0 Å². The highest BCUT2D eigenvalue weighted by atomic mass is 16.6. The summed E-state index contributed by atoms with van der Waals surface area (Å²) in [6.07, 6.45) is 2.65. The summed E-state index contributed by atoms with van der Waals surface area (Å²) in [6.45, 7) is 9.05. The van der Waals surface area contributed by atoms with Gasteiger partial charge in [-0.15, -0.1) is 6.58 Å². The molecule has 0 fully saturated rings. The van der Waals surface area contributed by atoms with Gasteiger partial charge in [-0.1, -0.05) is 6.08 Å². The second kappa shape index (κ2) is 5.81. The molecule has 3 heteroatoms. The lowest BCUT2D eigenvalue weighted by molar-refractivity contribution is -0.160. The lowest BCUT2D eigenvalue weighted by Gasteiger charge is -2.23. The largest absolute Gasteiger partial charge is 0.460 e. The molecule has 1 atom stereocenters. The molecule has 0 aliphatic carbocycles. The van der Waals surface area contributed by atoms with Crippen LogP contribution in [0.1, 0.15) is 33.6 Å². The van der Waals surface area contributed by atoms with Crippen LogP contribution < -0.4 is 0 Å². The Morgan fingerprint density at radius 3 is 2.50 bits per heavy atom. The first kappa shape index (κ1) is 13.2. The Bertz CT molecular complexity index is 191. The zero-order chi connectivity index (χ0) is 11.2. The van der Waals surface area contributed by atoms with Crippen molar-refractivity contribution in [3.8, 4) is 0 Å². The van der Waals surface area contributed by atoms with Gasteiger partial charge in [0.25, 0.3) is 0 Å². The minimum Gasteiger partial charge on any atom is -0.460 e. The average Bonchev–Trinajstić information content (AvgIpc) is 2.01. The number of aliphatic hydroxyl groups excluding tert-OH is 1. The lowest BCUT2D eigenvalue weighted by Crippen LogP contribution is -2.29. The Balaban J connectivity index is 4.21. The second-order valence-electron chi connectivity index (χ2n) is 4.27. The first-order valence-corrected chi connectivity index (χ1v) is 4.85. The fourth-order valence-electron chi connectivity index (χ4n) is 1.07. The molecule has 1 N–H and O–H groups in total. The van der Waals surface area contributed by atoms with E-state index in [-0.39, 0.29) is 18.5 Å². The van der Waals surface area contributed by atoms with Crippen LogP contribution in [0.4, 0.5) is 0 Å². The third kappa shape index (κ3) is 5.75. The molecule has 0 aromatic rings. The van der Waals surface area contributed by atoms with Crippen molar-refractivity contribution in [3.05, 3.63) is 12.7 Å². The summed E-state index contributed by atoms with van der Waals surface area (Å²) < 4.78 is 5.21. The molecule has 0 rings (SSSR count). The van der Waals surface area contributed by atoms with Gasteiger partial charge >= 0.3 is 5.97 Å². The van der Waals surface area contributed by atoms with Crippen LogP contribution in [0, 0.1) is 5.92 Å². The fourth-order valence-corrected chi connectivity index (χ4v) is 1.07. The maximum atomic E-state index is 11.6. The van der Waals surface area contributed by atoms with Crippen LogP contribution >= 0.6 is 0 Å². The van der Waals surface area contributed by atoms with Crippen LogP contribution in [0.3, 0.4) is 0 Å². The number of hydrogen-bond donors (Lipinski definition) is 1. The van der Waals surface area contributed by atoms with E-state index in [1.807, 2.05) is 20.8 Å². The fraction of sp³-hybridized carbons (Fsp3) is 0.727. The van der Waals surface area contributed by atoms with Gasteiger partial charge in [0.2, 0.25) is 0 Å². The van der Waals surface area contributed by atoms with Crippen LogP contribution in [0.5, 0.6) is 0 Å². The predicted molar refractivity (Wildman–Crippen MR) is 55.9 cm³/mol. The number of allylic oxidation sites excluding steroid dienone is 1. The summed E-state index contributed by atoms with van der Waals surface area (Å²) in [4.78, 5) is 11.6. The van der Waals surface area contributed by atoms with Gasteiger partial charge in [0.15, 0.2) is 0 Å². The molecule has 0 heterocycles. The molecule has 0 aliphatic heterocycles. The molecule has 0 bridgehead atoms. The topological polar surface area (TPSA) is 46.5 Å². The van der Waals surface area contributed by atoms with Crippen molar-refractivity contribution in [2.45, 2.75) is 39.2 Å². The van der Waals surface area contributed by atoms with Gasteiger partial charge in [-0.3, -0.25) is 4.79 Å². The molecular formula is C11H20O3. The Morgan fingerprint density at radius 1 is 1.57 bits per heavy atom. The van der Waals surface area contributed by atoms with Crippen molar-refractivity contribution in [1.82, 2.24) is 0 Å². The molecule has 82 valence electrons. The van der Waals surface area contributed by atoms with Gasteiger partial charge in [0, 0.05) is 6.61 Å². The van der Waals surface area contributed by atoms with E-state index in [4.69, 9.17) is 9.84 Å². The molecule has 0 saturated carbocycles. The number of esters is 1. The SMILES string of the molecule is C=CC[C@@H](CCO)C(=O)OC(C)(C)C. The molecule has 0 aromatic carbocycles. The van der Waals surface area contributed by atoms with Crippen LogP contribution in [0.2, 0.25) is 0 Å². The van der Waals surface area contributed by atoms with Crippen LogP contribution in [0.25, 0.3) is 0 Å². The molecule has 14 heavy (non-hydrogen) atoms. The third-order valence-electron chi connectivity index (χ3n) is 1.67. The highest BCUT2D eigenvalue weighted by molar-refractivity contribution is 5.73. The van der Waals surface area contributed by atoms with E-state index in [2.05, 4.69) is 6.58 Å². The van der Waals surface area contributed by atoms with Gasteiger partial charge < -0.3 is 9.84 Å². The van der Waals surface area contributed by atoms with E-state index in [9.17, 15) is 4.79 Å². The number of ether oxygens (including phenoxy) is 1. The maximum absolute atomic E-state index is 11.6. The standard InChI is InChI=1S/C11H20O3/c1-5-6-9(7-8-12)10(13)14-11(2,3)4/h5,9,12H,1,6-8H2,2-4H3/t9-/m0/s1. The number of carbonyl (C=O) groups excluding carboxylic acids is 1. The maximum Gasteiger partial charge on any atom is 0.309 e. The van der Waals surface area contributed by atoms with Crippen LogP contribution in [-0.4, -0.2) is 23.3 Å². The smallest absolute Gasteiger partial charge is 0.309 e. The first-order valence-electron chi connectivity index (χ1n) is 4.85. The summed E-state index contributed by atoms with van der Waals surface area (Å²) in [5.74, 6) is -0.525. The molecule has 0 aromatic heterocycles. The van der Waals surface area contributed by atoms with Crippen molar-refractivity contribution in [3.63, 3.8) is 0 Å². The van der Waals surface area contributed by atoms with Gasteiger partial charge in [0.05, 0.1) is 5.92 Å².